The SMILES string of the molecule is C[C@H]1CCCN(C(=O)CNc2cccc3c2CN(c2nccs2)C3)C1. The molecule has 4 rings (SSSR count). The van der Waals surface area contributed by atoms with E-state index in [1.165, 1.54) is 17.5 Å². The van der Waals surface area contributed by atoms with Gasteiger partial charge < -0.3 is 15.1 Å². The van der Waals surface area contributed by atoms with E-state index in [1.54, 1.807) is 11.3 Å². The van der Waals surface area contributed by atoms with Gasteiger partial charge in [-0.1, -0.05) is 19.1 Å². The molecule has 1 aromatic carbocycles. The second-order valence-electron chi connectivity index (χ2n) is 7.05. The molecule has 1 fully saturated rings. The number of hydrogen-bond acceptors (Lipinski definition) is 5. The number of piperidine rings is 1. The van der Waals surface area contributed by atoms with Crippen LogP contribution in [0.15, 0.2) is 29.8 Å². The molecule has 1 aromatic heterocycles. The number of likely N-dealkylation sites (tertiary alicyclic amines) is 1. The number of carbonyl (C=O) groups is 1. The Morgan fingerprint density at radius 1 is 1.40 bits per heavy atom. The summed E-state index contributed by atoms with van der Waals surface area (Å²) in [6, 6.07) is 6.32. The average molecular weight is 356 g/mol. The summed E-state index contributed by atoms with van der Waals surface area (Å²) in [6.45, 7) is 6.13. The number of nitrogens with zero attached hydrogens (tertiary/aromatic N) is 3. The van der Waals surface area contributed by atoms with Crippen LogP contribution in [0.3, 0.4) is 0 Å². The minimum atomic E-state index is 0.207. The number of benzene rings is 1. The second kappa shape index (κ2) is 7.04. The molecule has 2 aromatic rings. The van der Waals surface area contributed by atoms with Gasteiger partial charge in [-0.05, 0) is 36.0 Å². The molecule has 1 N–H and O–H groups in total. The molecule has 6 heteroatoms. The number of anilines is 2. The van der Waals surface area contributed by atoms with Crippen LogP contribution in [0.25, 0.3) is 0 Å². The smallest absolute Gasteiger partial charge is 0.241 e. The highest BCUT2D eigenvalue weighted by Gasteiger charge is 2.24. The predicted octanol–water partition coefficient (Wildman–Crippen LogP) is 3.33. The zero-order chi connectivity index (χ0) is 17.2. The molecule has 2 aliphatic heterocycles. The standard InChI is InChI=1S/C19H24N4OS/c1-14-4-3-8-22(11-14)18(24)10-21-17-6-2-5-15-12-23(13-16(15)17)19-20-7-9-25-19/h2,5-7,9,14,21H,3-4,8,10-13H2,1H3/t14-/m0/s1. The van der Waals surface area contributed by atoms with Crippen molar-refractivity contribution in [2.75, 3.05) is 29.9 Å². The van der Waals surface area contributed by atoms with Gasteiger partial charge in [-0.15, -0.1) is 11.3 Å². The van der Waals surface area contributed by atoms with Crippen LogP contribution in [0.1, 0.15) is 30.9 Å². The van der Waals surface area contributed by atoms with E-state index < -0.39 is 0 Å². The third-order valence-electron chi connectivity index (χ3n) is 5.11. The van der Waals surface area contributed by atoms with Gasteiger partial charge in [-0.3, -0.25) is 4.79 Å². The van der Waals surface area contributed by atoms with E-state index in [0.29, 0.717) is 12.5 Å². The summed E-state index contributed by atoms with van der Waals surface area (Å²) in [5.74, 6) is 0.824. The summed E-state index contributed by atoms with van der Waals surface area (Å²) in [4.78, 5) is 21.2. The van der Waals surface area contributed by atoms with Crippen LogP contribution in [0.4, 0.5) is 10.8 Å². The minimum Gasteiger partial charge on any atom is -0.376 e. The molecule has 1 atom stereocenters. The van der Waals surface area contributed by atoms with Crippen molar-refractivity contribution in [3.8, 4) is 0 Å². The lowest BCUT2D eigenvalue weighted by Crippen LogP contribution is -2.42. The van der Waals surface area contributed by atoms with Crippen molar-refractivity contribution in [2.45, 2.75) is 32.9 Å². The summed E-state index contributed by atoms with van der Waals surface area (Å²) in [5, 5.41) is 6.45. The first kappa shape index (κ1) is 16.4. The van der Waals surface area contributed by atoms with E-state index in [-0.39, 0.29) is 5.91 Å². The van der Waals surface area contributed by atoms with Gasteiger partial charge in [0, 0.05) is 43.4 Å². The van der Waals surface area contributed by atoms with E-state index >= 15 is 0 Å². The molecule has 0 radical (unpaired) electrons. The first-order valence-corrected chi connectivity index (χ1v) is 9.85. The Balaban J connectivity index is 1.41. The first-order chi connectivity index (χ1) is 12.2. The fourth-order valence-electron chi connectivity index (χ4n) is 3.79. The van der Waals surface area contributed by atoms with Gasteiger partial charge >= 0.3 is 0 Å². The van der Waals surface area contributed by atoms with Crippen molar-refractivity contribution >= 4 is 28.1 Å². The van der Waals surface area contributed by atoms with Gasteiger partial charge in [0.1, 0.15) is 0 Å². The zero-order valence-corrected chi connectivity index (χ0v) is 15.4. The Labute approximate surface area is 152 Å². The Kier molecular flexibility index (Phi) is 4.61. The highest BCUT2D eigenvalue weighted by atomic mass is 32.1. The van der Waals surface area contributed by atoms with E-state index in [2.05, 4.69) is 40.3 Å². The lowest BCUT2D eigenvalue weighted by atomic mass is 10.0. The van der Waals surface area contributed by atoms with Gasteiger partial charge in [0.25, 0.3) is 0 Å². The monoisotopic (exact) mass is 356 g/mol. The molecule has 0 bridgehead atoms. The lowest BCUT2D eigenvalue weighted by Gasteiger charge is -2.31. The maximum absolute atomic E-state index is 12.5. The molecule has 3 heterocycles. The molecule has 2 aliphatic rings. The Morgan fingerprint density at radius 2 is 2.32 bits per heavy atom. The number of thiazole rings is 1. The van der Waals surface area contributed by atoms with E-state index in [4.69, 9.17) is 0 Å². The predicted molar refractivity (Wildman–Crippen MR) is 102 cm³/mol. The highest BCUT2D eigenvalue weighted by molar-refractivity contribution is 7.13. The maximum atomic E-state index is 12.5. The van der Waals surface area contributed by atoms with Crippen LogP contribution < -0.4 is 10.2 Å². The molecular formula is C19H24N4OS. The topological polar surface area (TPSA) is 48.5 Å². The number of nitrogens with one attached hydrogen (secondary N) is 1. The van der Waals surface area contributed by atoms with Crippen LogP contribution >= 0.6 is 11.3 Å². The number of amides is 1. The van der Waals surface area contributed by atoms with Crippen molar-refractivity contribution in [3.63, 3.8) is 0 Å². The summed E-state index contributed by atoms with van der Waals surface area (Å²) in [6.07, 6.45) is 4.20. The van der Waals surface area contributed by atoms with Crippen molar-refractivity contribution in [1.82, 2.24) is 9.88 Å². The fourth-order valence-corrected chi connectivity index (χ4v) is 4.44. The maximum Gasteiger partial charge on any atom is 0.241 e. The number of aromatic nitrogens is 1. The van der Waals surface area contributed by atoms with Crippen LogP contribution in [0.5, 0.6) is 0 Å². The first-order valence-electron chi connectivity index (χ1n) is 8.97. The van der Waals surface area contributed by atoms with Gasteiger partial charge in [0.15, 0.2) is 5.13 Å². The van der Waals surface area contributed by atoms with E-state index in [0.717, 1.165) is 43.4 Å². The van der Waals surface area contributed by atoms with Crippen molar-refractivity contribution < 1.29 is 4.79 Å². The Bertz CT molecular complexity index is 746. The average Bonchev–Trinajstić information content (AvgIpc) is 3.28. The summed E-state index contributed by atoms with van der Waals surface area (Å²) >= 11 is 1.67. The molecule has 25 heavy (non-hydrogen) atoms. The normalized spacial score (nSPS) is 19.8. The molecule has 0 spiro atoms. The highest BCUT2D eigenvalue weighted by Crippen LogP contribution is 2.33. The Hall–Kier alpha value is -2.08. The third-order valence-corrected chi connectivity index (χ3v) is 5.95. The number of rotatable bonds is 4. The second-order valence-corrected chi connectivity index (χ2v) is 7.93. The quantitative estimate of drug-likeness (QED) is 0.913. The molecular weight excluding hydrogens is 332 g/mol. The molecule has 132 valence electrons. The Morgan fingerprint density at radius 3 is 3.12 bits per heavy atom. The molecule has 0 saturated carbocycles. The molecule has 0 aliphatic carbocycles. The fraction of sp³-hybridized carbons (Fsp3) is 0.474. The molecule has 1 amide bonds. The van der Waals surface area contributed by atoms with E-state index in [9.17, 15) is 4.79 Å². The van der Waals surface area contributed by atoms with Crippen LogP contribution in [-0.2, 0) is 17.9 Å². The minimum absolute atomic E-state index is 0.207. The molecule has 5 nitrogen and oxygen atoms in total. The molecule has 1 saturated heterocycles. The van der Waals surface area contributed by atoms with Gasteiger partial charge in [0.05, 0.1) is 6.54 Å². The van der Waals surface area contributed by atoms with Crippen molar-refractivity contribution in [1.29, 1.82) is 0 Å². The van der Waals surface area contributed by atoms with Gasteiger partial charge in [-0.2, -0.15) is 0 Å². The number of hydrogen-bond donors (Lipinski definition) is 1. The summed E-state index contributed by atoms with van der Waals surface area (Å²) < 4.78 is 0. The zero-order valence-electron chi connectivity index (χ0n) is 14.6. The van der Waals surface area contributed by atoms with Crippen molar-refractivity contribution in [3.05, 3.63) is 40.9 Å². The largest absolute Gasteiger partial charge is 0.376 e. The van der Waals surface area contributed by atoms with Gasteiger partial charge in [-0.25, -0.2) is 4.98 Å². The van der Waals surface area contributed by atoms with E-state index in [1.807, 2.05) is 16.5 Å². The van der Waals surface area contributed by atoms with Crippen LogP contribution in [0.2, 0.25) is 0 Å². The third kappa shape index (κ3) is 3.49. The summed E-state index contributed by atoms with van der Waals surface area (Å²) in [5.41, 5.74) is 3.69. The number of fused-ring (bicyclic) bond motifs is 1. The summed E-state index contributed by atoms with van der Waals surface area (Å²) in [7, 11) is 0. The lowest BCUT2D eigenvalue weighted by molar-refractivity contribution is -0.130. The van der Waals surface area contributed by atoms with Crippen LogP contribution in [0, 0.1) is 5.92 Å². The van der Waals surface area contributed by atoms with Crippen LogP contribution in [-0.4, -0.2) is 35.4 Å². The molecule has 0 unspecified atom stereocenters. The van der Waals surface area contributed by atoms with Crippen molar-refractivity contribution in [2.24, 2.45) is 5.92 Å². The number of carbonyl (C=O) groups excluding carboxylic acids is 1. The van der Waals surface area contributed by atoms with Gasteiger partial charge in [0.2, 0.25) is 5.91 Å².